The summed E-state index contributed by atoms with van der Waals surface area (Å²) < 4.78 is 1.08. The highest BCUT2D eigenvalue weighted by atomic mass is 79.9. The molecule has 110 valence electrons. The van der Waals surface area contributed by atoms with Crippen molar-refractivity contribution in [3.8, 4) is 0 Å². The normalized spacial score (nSPS) is 17.3. The molecule has 0 saturated carbocycles. The molecular weight excluding hydrogens is 348 g/mol. The lowest BCUT2D eigenvalue weighted by Gasteiger charge is -2.29. The number of nitrogens with zero attached hydrogens (tertiary/aromatic N) is 1. The number of benzene rings is 1. The van der Waals surface area contributed by atoms with Crippen LogP contribution >= 0.6 is 27.3 Å². The predicted molar refractivity (Wildman–Crippen MR) is 89.4 cm³/mol. The third-order valence-electron chi connectivity index (χ3n) is 3.78. The largest absolute Gasteiger partial charge is 0.340 e. The molecule has 1 aliphatic rings. The Bertz CT molecular complexity index is 655. The summed E-state index contributed by atoms with van der Waals surface area (Å²) in [5, 5.41) is 5.39. The Labute approximate surface area is 137 Å². The lowest BCUT2D eigenvalue weighted by atomic mass is 9.90. The van der Waals surface area contributed by atoms with Crippen LogP contribution in [0.4, 0.5) is 0 Å². The van der Waals surface area contributed by atoms with Crippen molar-refractivity contribution in [3.05, 3.63) is 56.2 Å². The smallest absolute Gasteiger partial charge is 0.231 e. The van der Waals surface area contributed by atoms with E-state index in [4.69, 9.17) is 0 Å². The highest BCUT2D eigenvalue weighted by Crippen LogP contribution is 2.27. The zero-order valence-corrected chi connectivity index (χ0v) is 14.2. The zero-order chi connectivity index (χ0) is 14.8. The van der Waals surface area contributed by atoms with Crippen LogP contribution in [0, 0.1) is 0 Å². The summed E-state index contributed by atoms with van der Waals surface area (Å²) in [6, 6.07) is 10.3. The number of rotatable bonds is 3. The number of carbonyl (C=O) groups is 1. The molecule has 0 radical (unpaired) electrons. The molecule has 0 saturated heterocycles. The van der Waals surface area contributed by atoms with Crippen LogP contribution in [-0.4, -0.2) is 24.4 Å². The molecule has 1 N–H and O–H groups in total. The van der Waals surface area contributed by atoms with Crippen molar-refractivity contribution in [1.82, 2.24) is 10.2 Å². The highest BCUT2D eigenvalue weighted by Gasteiger charge is 2.28. The quantitative estimate of drug-likeness (QED) is 0.905. The van der Waals surface area contributed by atoms with Crippen molar-refractivity contribution in [1.29, 1.82) is 0 Å². The van der Waals surface area contributed by atoms with Crippen LogP contribution in [0.1, 0.15) is 21.9 Å². The van der Waals surface area contributed by atoms with Crippen LogP contribution in [0.5, 0.6) is 0 Å². The standard InChI is InChI=1S/C16H17BrN2OS/c1-19(9-13-6-12(17)10-21-13)16(20)15-8-18-7-11-4-2-3-5-14(11)15/h2-6,10,15,18H,7-9H2,1H3. The monoisotopic (exact) mass is 364 g/mol. The topological polar surface area (TPSA) is 32.3 Å². The molecule has 1 unspecified atom stereocenters. The van der Waals surface area contributed by atoms with Crippen LogP contribution < -0.4 is 5.32 Å². The van der Waals surface area contributed by atoms with Gasteiger partial charge in [0.1, 0.15) is 0 Å². The van der Waals surface area contributed by atoms with E-state index in [1.54, 1.807) is 11.3 Å². The first kappa shape index (κ1) is 14.8. The van der Waals surface area contributed by atoms with Gasteiger partial charge in [0.25, 0.3) is 0 Å². The summed E-state index contributed by atoms with van der Waals surface area (Å²) in [6.07, 6.45) is 0. The molecule has 0 bridgehead atoms. The van der Waals surface area contributed by atoms with E-state index in [9.17, 15) is 4.79 Å². The maximum atomic E-state index is 12.8. The molecule has 2 heterocycles. The number of halogens is 1. The number of carbonyl (C=O) groups excluding carboxylic acids is 1. The van der Waals surface area contributed by atoms with E-state index >= 15 is 0 Å². The van der Waals surface area contributed by atoms with Gasteiger partial charge in [0.15, 0.2) is 0 Å². The first-order valence-electron chi connectivity index (χ1n) is 6.91. The van der Waals surface area contributed by atoms with E-state index in [0.29, 0.717) is 13.1 Å². The molecule has 1 aliphatic heterocycles. The summed E-state index contributed by atoms with van der Waals surface area (Å²) in [6.45, 7) is 2.23. The number of thiophene rings is 1. The fourth-order valence-corrected chi connectivity index (χ4v) is 4.23. The van der Waals surface area contributed by atoms with E-state index in [-0.39, 0.29) is 11.8 Å². The van der Waals surface area contributed by atoms with Crippen molar-refractivity contribution in [3.63, 3.8) is 0 Å². The third-order valence-corrected chi connectivity index (χ3v) is 5.47. The summed E-state index contributed by atoms with van der Waals surface area (Å²) >= 11 is 5.13. The second-order valence-corrected chi connectivity index (χ2v) is 7.22. The third kappa shape index (κ3) is 3.20. The van der Waals surface area contributed by atoms with Crippen molar-refractivity contribution in [2.24, 2.45) is 0 Å². The first-order valence-corrected chi connectivity index (χ1v) is 8.59. The van der Waals surface area contributed by atoms with E-state index in [1.165, 1.54) is 16.0 Å². The van der Waals surface area contributed by atoms with Gasteiger partial charge in [-0.1, -0.05) is 24.3 Å². The Hall–Kier alpha value is -1.17. The molecule has 3 rings (SSSR count). The fraction of sp³-hybridized carbons (Fsp3) is 0.312. The van der Waals surface area contributed by atoms with Gasteiger partial charge in [0, 0.05) is 34.9 Å². The Kier molecular flexibility index (Phi) is 4.42. The number of amides is 1. The predicted octanol–water partition coefficient (Wildman–Crippen LogP) is 3.36. The van der Waals surface area contributed by atoms with Crippen LogP contribution in [0.25, 0.3) is 0 Å². The minimum atomic E-state index is -0.0802. The van der Waals surface area contributed by atoms with Gasteiger partial charge in [0.05, 0.1) is 12.5 Å². The molecule has 2 aromatic rings. The summed E-state index contributed by atoms with van der Waals surface area (Å²) in [5.74, 6) is 0.0996. The SMILES string of the molecule is CN(Cc1cc(Br)cs1)C(=O)C1CNCc2ccccc21. The lowest BCUT2D eigenvalue weighted by molar-refractivity contribution is -0.132. The molecule has 1 amide bonds. The summed E-state index contributed by atoms with van der Waals surface area (Å²) in [7, 11) is 1.88. The second-order valence-electron chi connectivity index (χ2n) is 5.31. The molecule has 1 aromatic carbocycles. The molecule has 1 aromatic heterocycles. The van der Waals surface area contributed by atoms with Crippen molar-refractivity contribution < 1.29 is 4.79 Å². The molecule has 5 heteroatoms. The van der Waals surface area contributed by atoms with Gasteiger partial charge in [-0.2, -0.15) is 0 Å². The van der Waals surface area contributed by atoms with Crippen molar-refractivity contribution in [2.75, 3.05) is 13.6 Å². The molecule has 21 heavy (non-hydrogen) atoms. The average Bonchev–Trinajstić information content (AvgIpc) is 2.91. The first-order chi connectivity index (χ1) is 10.1. The van der Waals surface area contributed by atoms with Crippen LogP contribution in [0.2, 0.25) is 0 Å². The molecular formula is C16H17BrN2OS. The van der Waals surface area contributed by atoms with E-state index < -0.39 is 0 Å². The number of hydrogen-bond donors (Lipinski definition) is 1. The maximum absolute atomic E-state index is 12.8. The maximum Gasteiger partial charge on any atom is 0.231 e. The average molecular weight is 365 g/mol. The molecule has 1 atom stereocenters. The van der Waals surface area contributed by atoms with Crippen molar-refractivity contribution in [2.45, 2.75) is 19.0 Å². The Morgan fingerprint density at radius 2 is 2.29 bits per heavy atom. The zero-order valence-electron chi connectivity index (χ0n) is 11.8. The summed E-state index contributed by atoms with van der Waals surface area (Å²) in [5.41, 5.74) is 2.40. The van der Waals surface area contributed by atoms with Gasteiger partial charge in [-0.3, -0.25) is 4.79 Å². The molecule has 0 aliphatic carbocycles. The van der Waals surface area contributed by atoms with Gasteiger partial charge in [-0.05, 0) is 33.1 Å². The van der Waals surface area contributed by atoms with Crippen LogP contribution in [0.3, 0.4) is 0 Å². The van der Waals surface area contributed by atoms with E-state index in [1.807, 2.05) is 29.5 Å². The van der Waals surface area contributed by atoms with Crippen LogP contribution in [0.15, 0.2) is 40.2 Å². The lowest BCUT2D eigenvalue weighted by Crippen LogP contribution is -2.39. The van der Waals surface area contributed by atoms with Gasteiger partial charge < -0.3 is 10.2 Å². The number of likely N-dealkylation sites (N-methyl/N-ethyl adjacent to an activating group) is 1. The Balaban J connectivity index is 1.76. The minimum Gasteiger partial charge on any atom is -0.340 e. The van der Waals surface area contributed by atoms with Gasteiger partial charge in [0.2, 0.25) is 5.91 Å². The van der Waals surface area contributed by atoms with Gasteiger partial charge >= 0.3 is 0 Å². The molecule has 3 nitrogen and oxygen atoms in total. The highest BCUT2D eigenvalue weighted by molar-refractivity contribution is 9.10. The number of hydrogen-bond acceptors (Lipinski definition) is 3. The van der Waals surface area contributed by atoms with Gasteiger partial charge in [-0.25, -0.2) is 0 Å². The summed E-state index contributed by atoms with van der Waals surface area (Å²) in [4.78, 5) is 15.8. The van der Waals surface area contributed by atoms with E-state index in [0.717, 1.165) is 11.0 Å². The Morgan fingerprint density at radius 3 is 3.05 bits per heavy atom. The van der Waals surface area contributed by atoms with E-state index in [2.05, 4.69) is 39.4 Å². The minimum absolute atomic E-state index is 0.0802. The van der Waals surface area contributed by atoms with Gasteiger partial charge in [-0.15, -0.1) is 11.3 Å². The molecule has 0 fully saturated rings. The second kappa shape index (κ2) is 6.30. The Morgan fingerprint density at radius 1 is 1.48 bits per heavy atom. The van der Waals surface area contributed by atoms with Crippen LogP contribution in [-0.2, 0) is 17.9 Å². The van der Waals surface area contributed by atoms with Crippen molar-refractivity contribution >= 4 is 33.2 Å². The molecule has 0 spiro atoms. The number of nitrogens with one attached hydrogen (secondary N) is 1. The number of fused-ring (bicyclic) bond motifs is 1. The fourth-order valence-electron chi connectivity index (χ4n) is 2.73.